The number of nitrogens with one attached hydrogen (secondary N) is 2. The molecule has 0 bridgehead atoms. The number of aromatic nitrogens is 2. The van der Waals surface area contributed by atoms with Gasteiger partial charge in [0, 0.05) is 29.8 Å². The number of benzene rings is 3. The minimum atomic E-state index is -1.000. The highest BCUT2D eigenvalue weighted by molar-refractivity contribution is 5.95. The van der Waals surface area contributed by atoms with Crippen LogP contribution in [-0.4, -0.2) is 39.5 Å². The van der Waals surface area contributed by atoms with E-state index in [-0.39, 0.29) is 31.2 Å². The van der Waals surface area contributed by atoms with Crippen molar-refractivity contribution in [3.8, 4) is 5.75 Å². The van der Waals surface area contributed by atoms with Gasteiger partial charge >= 0.3 is 12.1 Å². The molecule has 0 unspecified atom stereocenters. The average molecular weight is 522 g/mol. The molecular weight excluding hydrogens is 494 g/mol. The fourth-order valence-corrected chi connectivity index (χ4v) is 3.88. The van der Waals surface area contributed by atoms with E-state index in [4.69, 9.17) is 26.0 Å². The zero-order chi connectivity index (χ0) is 25.7. The monoisotopic (exact) mass is 521 g/mol. The van der Waals surface area contributed by atoms with Crippen LogP contribution in [0.25, 0.3) is 11.0 Å². The third-order valence-corrected chi connectivity index (χ3v) is 5.86. The number of aliphatic carboxylic acids is 1. The van der Waals surface area contributed by atoms with Crippen molar-refractivity contribution in [3.63, 3.8) is 0 Å². The van der Waals surface area contributed by atoms with Crippen LogP contribution in [0.3, 0.4) is 0 Å². The summed E-state index contributed by atoms with van der Waals surface area (Å²) in [4.78, 5) is 33.4. The summed E-state index contributed by atoms with van der Waals surface area (Å²) >= 11 is 0. The van der Waals surface area contributed by atoms with Gasteiger partial charge in [0.2, 0.25) is 0 Å². The number of anilines is 1. The number of halogens is 1. The number of aryl methyl sites for hydroxylation is 3. The van der Waals surface area contributed by atoms with Crippen molar-refractivity contribution in [1.29, 1.82) is 5.41 Å². The first-order valence-corrected chi connectivity index (χ1v) is 11.5. The number of para-hydroxylation sites is 1. The molecule has 5 N–H and O–H groups in total. The molecule has 0 aliphatic heterocycles. The predicted octanol–water partition coefficient (Wildman–Crippen LogP) is 4.84. The SMILES string of the molecule is Cc1c(OC(=O)N(CCC(=O)O)c2ccccc2)ccc2[nH]c(CCc3ccc(C(=N)N)cc3)nc12.Cl. The van der Waals surface area contributed by atoms with Gasteiger partial charge in [-0.25, -0.2) is 9.78 Å². The molecule has 3 aromatic carbocycles. The van der Waals surface area contributed by atoms with Gasteiger partial charge in [0.25, 0.3) is 0 Å². The van der Waals surface area contributed by atoms with Crippen LogP contribution in [0.1, 0.15) is 28.9 Å². The molecule has 1 amide bonds. The van der Waals surface area contributed by atoms with Gasteiger partial charge in [0.15, 0.2) is 0 Å². The highest BCUT2D eigenvalue weighted by Gasteiger charge is 2.21. The first-order chi connectivity index (χ1) is 17.3. The Balaban J connectivity index is 0.00000380. The molecule has 1 heterocycles. The number of carboxylic acids is 1. The lowest BCUT2D eigenvalue weighted by molar-refractivity contribution is -0.136. The number of nitrogen functional groups attached to an aromatic ring is 1. The molecule has 0 aliphatic rings. The van der Waals surface area contributed by atoms with Gasteiger partial charge in [-0.15, -0.1) is 12.4 Å². The lowest BCUT2D eigenvalue weighted by Gasteiger charge is -2.22. The maximum atomic E-state index is 13.0. The van der Waals surface area contributed by atoms with Gasteiger partial charge < -0.3 is 20.6 Å². The third kappa shape index (κ3) is 6.65. The lowest BCUT2D eigenvalue weighted by Crippen LogP contribution is -2.35. The quantitative estimate of drug-likeness (QED) is 0.183. The number of aromatic amines is 1. The Labute approximate surface area is 220 Å². The van der Waals surface area contributed by atoms with Gasteiger partial charge in [-0.3, -0.25) is 15.1 Å². The van der Waals surface area contributed by atoms with Crippen molar-refractivity contribution in [2.45, 2.75) is 26.2 Å². The summed E-state index contributed by atoms with van der Waals surface area (Å²) < 4.78 is 5.68. The zero-order valence-electron chi connectivity index (χ0n) is 20.2. The van der Waals surface area contributed by atoms with E-state index in [1.54, 1.807) is 30.3 Å². The smallest absolute Gasteiger partial charge is 0.419 e. The van der Waals surface area contributed by atoms with Crippen LogP contribution in [0.15, 0.2) is 66.7 Å². The second-order valence-electron chi connectivity index (χ2n) is 8.38. The van der Waals surface area contributed by atoms with Gasteiger partial charge in [0.05, 0.1) is 17.5 Å². The number of nitrogens with two attached hydrogens (primary N) is 1. The highest BCUT2D eigenvalue weighted by atomic mass is 35.5. The standard InChI is InChI=1S/C27H27N5O4.ClH/c1-17-22(36-27(35)32(16-15-24(33)34)20-5-3-2-4-6-20)13-12-21-25(17)31-23(30-21)14-9-18-7-10-19(11-8-18)26(28)29;/h2-8,10-13H,9,14-16H2,1H3,(H3,28,29)(H,30,31)(H,33,34);1H. The predicted molar refractivity (Wildman–Crippen MR) is 145 cm³/mol. The number of amidine groups is 1. The summed E-state index contributed by atoms with van der Waals surface area (Å²) in [5.41, 5.74) is 10.1. The van der Waals surface area contributed by atoms with E-state index in [9.17, 15) is 9.59 Å². The number of fused-ring (bicyclic) bond motifs is 1. The van der Waals surface area contributed by atoms with E-state index in [0.717, 1.165) is 23.3 Å². The number of carboxylic acid groups (broad SMARTS) is 1. The van der Waals surface area contributed by atoms with Crippen LogP contribution in [-0.2, 0) is 17.6 Å². The Morgan fingerprint density at radius 3 is 2.41 bits per heavy atom. The first kappa shape index (κ1) is 27.2. The Morgan fingerprint density at radius 1 is 1.05 bits per heavy atom. The van der Waals surface area contributed by atoms with E-state index in [1.165, 1.54) is 4.90 Å². The van der Waals surface area contributed by atoms with Crippen LogP contribution < -0.4 is 15.4 Å². The molecule has 0 atom stereocenters. The number of H-pyrrole nitrogens is 1. The van der Waals surface area contributed by atoms with Gasteiger partial charge in [-0.05, 0) is 43.2 Å². The van der Waals surface area contributed by atoms with E-state index < -0.39 is 12.1 Å². The maximum Gasteiger partial charge on any atom is 0.419 e. The highest BCUT2D eigenvalue weighted by Crippen LogP contribution is 2.27. The van der Waals surface area contributed by atoms with Crippen LogP contribution in [0.5, 0.6) is 5.75 Å². The third-order valence-electron chi connectivity index (χ3n) is 5.86. The molecule has 9 nitrogen and oxygen atoms in total. The largest absolute Gasteiger partial charge is 0.481 e. The molecule has 0 fully saturated rings. The Hall–Kier alpha value is -4.37. The summed E-state index contributed by atoms with van der Waals surface area (Å²) in [7, 11) is 0. The molecule has 192 valence electrons. The van der Waals surface area contributed by atoms with Gasteiger partial charge in [-0.1, -0.05) is 42.5 Å². The van der Waals surface area contributed by atoms with Crippen molar-refractivity contribution in [2.24, 2.45) is 5.73 Å². The van der Waals surface area contributed by atoms with Crippen molar-refractivity contribution in [1.82, 2.24) is 9.97 Å². The number of carbonyl (C=O) groups excluding carboxylic acids is 1. The van der Waals surface area contributed by atoms with Crippen molar-refractivity contribution >= 4 is 47.0 Å². The van der Waals surface area contributed by atoms with Gasteiger partial charge in [0.1, 0.15) is 17.4 Å². The minimum absolute atomic E-state index is 0. The molecule has 4 aromatic rings. The number of carbonyl (C=O) groups is 2. The first-order valence-electron chi connectivity index (χ1n) is 11.5. The summed E-state index contributed by atoms with van der Waals surface area (Å²) in [6.07, 6.45) is 0.575. The Morgan fingerprint density at radius 2 is 1.76 bits per heavy atom. The number of imidazole rings is 1. The molecule has 0 saturated carbocycles. The molecule has 0 spiro atoms. The van der Waals surface area contributed by atoms with Crippen LogP contribution >= 0.6 is 12.4 Å². The normalized spacial score (nSPS) is 10.5. The van der Waals surface area contributed by atoms with E-state index in [0.29, 0.717) is 34.5 Å². The van der Waals surface area contributed by atoms with Crippen molar-refractivity contribution in [2.75, 3.05) is 11.4 Å². The molecule has 0 aliphatic carbocycles. The summed E-state index contributed by atoms with van der Waals surface area (Å²) in [6, 6.07) is 19.9. The van der Waals surface area contributed by atoms with Crippen molar-refractivity contribution < 1.29 is 19.4 Å². The number of rotatable bonds is 9. The van der Waals surface area contributed by atoms with Crippen molar-refractivity contribution in [3.05, 3.63) is 89.2 Å². The molecule has 0 radical (unpaired) electrons. The molecule has 0 saturated heterocycles. The average Bonchev–Trinajstić information content (AvgIpc) is 3.29. The minimum Gasteiger partial charge on any atom is -0.481 e. The molecular formula is C27H28ClN5O4. The number of nitrogens with zero attached hydrogens (tertiary/aromatic N) is 2. The van der Waals surface area contributed by atoms with E-state index in [1.807, 2.05) is 43.3 Å². The summed E-state index contributed by atoms with van der Waals surface area (Å²) in [5, 5.41) is 16.6. The molecule has 4 rings (SSSR count). The Kier molecular flexibility index (Phi) is 8.86. The van der Waals surface area contributed by atoms with Gasteiger partial charge in [-0.2, -0.15) is 0 Å². The van der Waals surface area contributed by atoms with E-state index in [2.05, 4.69) is 4.98 Å². The number of ether oxygens (including phenoxy) is 1. The second-order valence-corrected chi connectivity index (χ2v) is 8.38. The zero-order valence-corrected chi connectivity index (χ0v) is 21.0. The topological polar surface area (TPSA) is 145 Å². The number of amides is 1. The van der Waals surface area contributed by atoms with E-state index >= 15 is 0 Å². The van der Waals surface area contributed by atoms with Crippen LogP contribution in [0, 0.1) is 12.3 Å². The summed E-state index contributed by atoms with van der Waals surface area (Å²) in [6.45, 7) is 1.82. The molecule has 37 heavy (non-hydrogen) atoms. The lowest BCUT2D eigenvalue weighted by atomic mass is 10.1. The van der Waals surface area contributed by atoms with Crippen LogP contribution in [0.2, 0.25) is 0 Å². The number of hydrogen-bond donors (Lipinski definition) is 4. The molecule has 10 heteroatoms. The van der Waals surface area contributed by atoms with Crippen LogP contribution in [0.4, 0.5) is 10.5 Å². The fraction of sp³-hybridized carbons (Fsp3) is 0.185. The molecule has 1 aromatic heterocycles. The summed E-state index contributed by atoms with van der Waals surface area (Å²) in [5.74, 6) is 0.209. The maximum absolute atomic E-state index is 13.0. The Bertz CT molecular complexity index is 1400. The number of hydrogen-bond acceptors (Lipinski definition) is 5. The second kappa shape index (κ2) is 12.0. The fourth-order valence-electron chi connectivity index (χ4n) is 3.88.